The lowest BCUT2D eigenvalue weighted by atomic mass is 10.1. The lowest BCUT2D eigenvalue weighted by molar-refractivity contribution is -0.122. The third kappa shape index (κ3) is 7.49. The molecule has 1 heterocycles. The second-order valence-corrected chi connectivity index (χ2v) is 11.6. The van der Waals surface area contributed by atoms with Gasteiger partial charge >= 0.3 is 6.03 Å². The molecule has 0 unspecified atom stereocenters. The van der Waals surface area contributed by atoms with E-state index in [1.807, 2.05) is 0 Å². The minimum atomic E-state index is -0.899. The van der Waals surface area contributed by atoms with Crippen LogP contribution in [0.1, 0.15) is 16.7 Å². The van der Waals surface area contributed by atoms with Crippen molar-refractivity contribution >= 4 is 87.6 Å². The molecule has 0 aliphatic carbocycles. The minimum absolute atomic E-state index is 0.0726. The topological polar surface area (TPSA) is 94.2 Å². The lowest BCUT2D eigenvalue weighted by Crippen LogP contribution is -2.54. The predicted octanol–water partition coefficient (Wildman–Crippen LogP) is 8.79. The fourth-order valence-electron chi connectivity index (χ4n) is 4.30. The number of benzene rings is 4. The second-order valence-electron chi connectivity index (χ2n) is 9.53. The quantitative estimate of drug-likeness (QED) is 0.138. The number of hydrogen-bond donors (Lipinski definition) is 1. The first-order valence-corrected chi connectivity index (χ1v) is 15.0. The van der Waals surface area contributed by atoms with E-state index in [1.54, 1.807) is 48.5 Å². The molecular weight excluding hydrogens is 686 g/mol. The number of hydrogen-bond acceptors (Lipinski definition) is 6. The van der Waals surface area contributed by atoms with Gasteiger partial charge in [0, 0.05) is 31.2 Å². The molecule has 0 saturated carbocycles. The molecule has 8 nitrogen and oxygen atoms in total. The van der Waals surface area contributed by atoms with Gasteiger partial charge in [-0.1, -0.05) is 70.1 Å². The number of methoxy groups -OCH3 is 1. The normalized spacial score (nSPS) is 14.0. The Morgan fingerprint density at radius 3 is 1.91 bits per heavy atom. The molecule has 1 N–H and O–H groups in total. The Labute approximate surface area is 282 Å². The summed E-state index contributed by atoms with van der Waals surface area (Å²) in [5, 5.41) is 4.22. The summed E-state index contributed by atoms with van der Waals surface area (Å²) in [5.74, 6) is -0.772. The number of halogens is 5. The van der Waals surface area contributed by atoms with Gasteiger partial charge in [0.1, 0.15) is 24.5 Å². The number of rotatable bonds is 9. The number of carbonyl (C=O) groups is 3. The van der Waals surface area contributed by atoms with E-state index >= 15 is 0 Å². The smallest absolute Gasteiger partial charge is 0.335 e. The molecule has 4 amide bonds. The molecule has 0 atom stereocenters. The first-order chi connectivity index (χ1) is 21.5. The van der Waals surface area contributed by atoms with Crippen LogP contribution < -0.4 is 24.4 Å². The van der Waals surface area contributed by atoms with Crippen LogP contribution in [0.5, 0.6) is 17.2 Å². The van der Waals surface area contributed by atoms with Crippen molar-refractivity contribution in [2.75, 3.05) is 12.0 Å². The van der Waals surface area contributed by atoms with E-state index in [1.165, 1.54) is 37.5 Å². The third-order valence-electron chi connectivity index (χ3n) is 6.56. The number of barbiturate groups is 1. The molecule has 1 aliphatic rings. The van der Waals surface area contributed by atoms with Gasteiger partial charge in [-0.25, -0.2) is 9.69 Å². The highest BCUT2D eigenvalue weighted by atomic mass is 35.5. The summed E-state index contributed by atoms with van der Waals surface area (Å²) in [4.78, 5) is 39.8. The molecule has 0 aromatic heterocycles. The first-order valence-electron chi connectivity index (χ1n) is 13.1. The first kappa shape index (κ1) is 32.5. The number of nitrogens with one attached hydrogen (secondary N) is 1. The average molecular weight is 707 g/mol. The molecule has 4 aromatic carbocycles. The van der Waals surface area contributed by atoms with Crippen LogP contribution >= 0.6 is 58.0 Å². The number of carbonyl (C=O) groups excluding carboxylic acids is 3. The molecule has 1 saturated heterocycles. The molecule has 1 aliphatic heterocycles. The predicted molar refractivity (Wildman–Crippen MR) is 175 cm³/mol. The highest BCUT2D eigenvalue weighted by Gasteiger charge is 2.37. The summed E-state index contributed by atoms with van der Waals surface area (Å²) >= 11 is 30.9. The molecule has 0 spiro atoms. The van der Waals surface area contributed by atoms with Crippen LogP contribution in [0.2, 0.25) is 25.1 Å². The molecule has 13 heteroatoms. The summed E-state index contributed by atoms with van der Waals surface area (Å²) in [6.45, 7) is 0.244. The standard InChI is InChI=1S/C32H21Cl5N2O6/c1-43-28-12-17(11-27(37)29(28)45-16-19-3-5-21(34)14-26(19)36)10-24-30(40)38-32(42)39(31(24)41)22-6-8-23(9-7-22)44-15-18-2-4-20(33)13-25(18)35/h2-14H,15-16H2,1H3,(H,38,40,42)/b24-10+. The van der Waals surface area contributed by atoms with Crippen molar-refractivity contribution in [1.29, 1.82) is 0 Å². The Morgan fingerprint density at radius 1 is 0.733 bits per heavy atom. The highest BCUT2D eigenvalue weighted by Crippen LogP contribution is 2.38. The van der Waals surface area contributed by atoms with Crippen LogP contribution in [-0.2, 0) is 22.8 Å². The van der Waals surface area contributed by atoms with Gasteiger partial charge in [-0.05, 0) is 72.3 Å². The number of amides is 4. The molecule has 5 rings (SSSR count). The molecule has 4 aromatic rings. The SMILES string of the molecule is COc1cc(/C=C2\C(=O)NC(=O)N(c3ccc(OCc4ccc(Cl)cc4Cl)cc3)C2=O)cc(Cl)c1OCc1ccc(Cl)cc1Cl. The van der Waals surface area contributed by atoms with E-state index in [-0.39, 0.29) is 41.0 Å². The Balaban J connectivity index is 1.34. The van der Waals surface area contributed by atoms with E-state index in [0.29, 0.717) is 37.0 Å². The number of ether oxygens (including phenoxy) is 3. The van der Waals surface area contributed by atoms with Crippen LogP contribution in [0.3, 0.4) is 0 Å². The Morgan fingerprint density at radius 2 is 1.33 bits per heavy atom. The summed E-state index contributed by atoms with van der Waals surface area (Å²) in [6, 6.07) is 18.4. The van der Waals surface area contributed by atoms with Crippen LogP contribution in [0.4, 0.5) is 10.5 Å². The van der Waals surface area contributed by atoms with Crippen molar-refractivity contribution in [2.24, 2.45) is 0 Å². The molecule has 0 radical (unpaired) electrons. The third-order valence-corrected chi connectivity index (χ3v) is 8.01. The monoisotopic (exact) mass is 704 g/mol. The number of urea groups is 1. The summed E-state index contributed by atoms with van der Waals surface area (Å²) in [5.41, 5.74) is 1.67. The highest BCUT2D eigenvalue weighted by molar-refractivity contribution is 6.39. The van der Waals surface area contributed by atoms with Gasteiger partial charge in [-0.2, -0.15) is 0 Å². The van der Waals surface area contributed by atoms with Gasteiger partial charge in [0.2, 0.25) is 0 Å². The van der Waals surface area contributed by atoms with E-state index in [9.17, 15) is 14.4 Å². The van der Waals surface area contributed by atoms with Crippen molar-refractivity contribution in [3.8, 4) is 17.2 Å². The second kappa shape index (κ2) is 14.0. The maximum Gasteiger partial charge on any atom is 0.335 e. The van der Waals surface area contributed by atoms with Crippen molar-refractivity contribution < 1.29 is 28.6 Å². The van der Waals surface area contributed by atoms with Gasteiger partial charge in [-0.3, -0.25) is 14.9 Å². The van der Waals surface area contributed by atoms with Crippen molar-refractivity contribution in [2.45, 2.75) is 13.2 Å². The number of nitrogens with zero attached hydrogens (tertiary/aromatic N) is 1. The Bertz CT molecular complexity index is 1840. The van der Waals surface area contributed by atoms with Gasteiger partial charge < -0.3 is 14.2 Å². The van der Waals surface area contributed by atoms with Crippen LogP contribution in [0.15, 0.2) is 78.4 Å². The summed E-state index contributed by atoms with van der Waals surface area (Å²) in [6.07, 6.45) is 1.30. The largest absolute Gasteiger partial charge is 0.493 e. The zero-order chi connectivity index (χ0) is 32.2. The number of anilines is 1. The maximum atomic E-state index is 13.4. The minimum Gasteiger partial charge on any atom is -0.493 e. The van der Waals surface area contributed by atoms with Crippen LogP contribution in [-0.4, -0.2) is 25.0 Å². The molecule has 0 bridgehead atoms. The Kier molecular flexibility index (Phi) is 10.1. The van der Waals surface area contributed by atoms with Crippen molar-refractivity contribution in [3.63, 3.8) is 0 Å². The zero-order valence-corrected chi connectivity index (χ0v) is 27.0. The molecule has 45 heavy (non-hydrogen) atoms. The summed E-state index contributed by atoms with van der Waals surface area (Å²) < 4.78 is 17.1. The molecule has 230 valence electrons. The van der Waals surface area contributed by atoms with E-state index in [0.717, 1.165) is 10.5 Å². The van der Waals surface area contributed by atoms with Gasteiger partial charge in [0.25, 0.3) is 11.8 Å². The van der Waals surface area contributed by atoms with Crippen molar-refractivity contribution in [1.82, 2.24) is 5.32 Å². The maximum absolute atomic E-state index is 13.4. The average Bonchev–Trinajstić information content (AvgIpc) is 2.99. The van der Waals surface area contributed by atoms with Crippen LogP contribution in [0, 0.1) is 0 Å². The van der Waals surface area contributed by atoms with E-state index in [2.05, 4.69) is 5.32 Å². The van der Waals surface area contributed by atoms with E-state index < -0.39 is 17.8 Å². The van der Waals surface area contributed by atoms with Crippen molar-refractivity contribution in [3.05, 3.63) is 120 Å². The van der Waals surface area contributed by atoms with Gasteiger partial charge in [-0.15, -0.1) is 0 Å². The molecule has 1 fully saturated rings. The number of imide groups is 2. The summed E-state index contributed by atoms with van der Waals surface area (Å²) in [7, 11) is 1.42. The van der Waals surface area contributed by atoms with Gasteiger partial charge in [0.15, 0.2) is 11.5 Å². The fraction of sp³-hybridized carbons (Fsp3) is 0.0938. The Hall–Kier alpha value is -3.92. The molecular formula is C32H21Cl5N2O6. The lowest BCUT2D eigenvalue weighted by Gasteiger charge is -2.26. The zero-order valence-electron chi connectivity index (χ0n) is 23.2. The fourth-order valence-corrected chi connectivity index (χ4v) is 5.50. The van der Waals surface area contributed by atoms with E-state index in [4.69, 9.17) is 72.2 Å². The van der Waals surface area contributed by atoms with Crippen LogP contribution in [0.25, 0.3) is 6.08 Å². The van der Waals surface area contributed by atoms with Gasteiger partial charge in [0.05, 0.1) is 17.8 Å².